The summed E-state index contributed by atoms with van der Waals surface area (Å²) in [5.41, 5.74) is 2.61. The summed E-state index contributed by atoms with van der Waals surface area (Å²) >= 11 is 0. The van der Waals surface area contributed by atoms with Crippen LogP contribution in [0.4, 0.5) is 4.39 Å². The molecule has 1 amide bonds. The number of rotatable bonds is 4. The van der Waals surface area contributed by atoms with Crippen molar-refractivity contribution >= 4 is 16.9 Å². The van der Waals surface area contributed by atoms with Crippen molar-refractivity contribution in [3.63, 3.8) is 0 Å². The van der Waals surface area contributed by atoms with Crippen LogP contribution < -0.4 is 0 Å². The highest BCUT2D eigenvalue weighted by atomic mass is 19.1. The third-order valence-electron chi connectivity index (χ3n) is 5.63. The van der Waals surface area contributed by atoms with E-state index in [2.05, 4.69) is 10.1 Å². The van der Waals surface area contributed by atoms with Gasteiger partial charge in [0, 0.05) is 37.6 Å². The molecule has 0 saturated carbocycles. The first-order valence-corrected chi connectivity index (χ1v) is 10.4. The van der Waals surface area contributed by atoms with E-state index in [4.69, 9.17) is 8.94 Å². The van der Waals surface area contributed by atoms with Gasteiger partial charge in [0.1, 0.15) is 17.2 Å². The molecule has 1 aliphatic rings. The second kappa shape index (κ2) is 8.35. The number of hydrogen-bond donors (Lipinski definition) is 0. The number of carbonyl (C=O) groups is 1. The molecule has 4 aromatic rings. The monoisotopic (exact) mass is 419 g/mol. The molecule has 3 heterocycles. The Bertz CT molecular complexity index is 1200. The highest BCUT2D eigenvalue weighted by Gasteiger charge is 2.23. The fourth-order valence-corrected chi connectivity index (χ4v) is 4.06. The van der Waals surface area contributed by atoms with Crippen molar-refractivity contribution in [3.05, 3.63) is 78.1 Å². The molecule has 0 bridgehead atoms. The second-order valence-electron chi connectivity index (χ2n) is 7.77. The van der Waals surface area contributed by atoms with E-state index in [1.807, 2.05) is 35.2 Å². The van der Waals surface area contributed by atoms with E-state index >= 15 is 0 Å². The zero-order valence-electron chi connectivity index (χ0n) is 17.0. The number of aromatic nitrogens is 1. The van der Waals surface area contributed by atoms with Crippen LogP contribution in [0.2, 0.25) is 0 Å². The van der Waals surface area contributed by atoms with Crippen molar-refractivity contribution in [2.75, 3.05) is 26.2 Å². The predicted octanol–water partition coefficient (Wildman–Crippen LogP) is 4.58. The summed E-state index contributed by atoms with van der Waals surface area (Å²) in [5.74, 6) is 0.789. The summed E-state index contributed by atoms with van der Waals surface area (Å²) in [6.45, 7) is 3.63. The minimum absolute atomic E-state index is 0.118. The quantitative estimate of drug-likeness (QED) is 0.485. The van der Waals surface area contributed by atoms with Gasteiger partial charge in [0.15, 0.2) is 0 Å². The topological polar surface area (TPSA) is 62.7 Å². The number of furan rings is 1. The summed E-state index contributed by atoms with van der Waals surface area (Å²) in [6, 6.07) is 16.1. The predicted molar refractivity (Wildman–Crippen MR) is 114 cm³/mol. The van der Waals surface area contributed by atoms with Crippen molar-refractivity contribution in [1.29, 1.82) is 0 Å². The Labute approximate surface area is 178 Å². The van der Waals surface area contributed by atoms with E-state index < -0.39 is 0 Å². The van der Waals surface area contributed by atoms with Crippen LogP contribution in [0.3, 0.4) is 0 Å². The number of benzene rings is 2. The third kappa shape index (κ3) is 4.22. The zero-order chi connectivity index (χ0) is 21.2. The Morgan fingerprint density at radius 3 is 2.74 bits per heavy atom. The minimum atomic E-state index is -0.248. The van der Waals surface area contributed by atoms with E-state index in [0.29, 0.717) is 19.6 Å². The molecule has 1 fully saturated rings. The first-order chi connectivity index (χ1) is 15.2. The molecule has 0 N–H and O–H groups in total. The van der Waals surface area contributed by atoms with Crippen molar-refractivity contribution in [2.45, 2.75) is 13.0 Å². The number of hydrogen-bond acceptors (Lipinski definition) is 5. The van der Waals surface area contributed by atoms with Crippen LogP contribution in [0.1, 0.15) is 22.7 Å². The first-order valence-electron chi connectivity index (χ1n) is 10.4. The average molecular weight is 419 g/mol. The first kappa shape index (κ1) is 19.5. The Morgan fingerprint density at radius 2 is 1.90 bits per heavy atom. The molecule has 158 valence electrons. The van der Waals surface area contributed by atoms with Gasteiger partial charge in [0.2, 0.25) is 5.76 Å². The number of nitrogens with zero attached hydrogens (tertiary/aromatic N) is 3. The van der Waals surface area contributed by atoms with Crippen molar-refractivity contribution in [1.82, 2.24) is 15.0 Å². The molecule has 5 rings (SSSR count). The Morgan fingerprint density at radius 1 is 1.00 bits per heavy atom. The molecule has 0 unspecified atom stereocenters. The van der Waals surface area contributed by atoms with Crippen molar-refractivity contribution in [2.24, 2.45) is 0 Å². The smallest absolute Gasteiger partial charge is 0.292 e. The molecule has 1 aliphatic heterocycles. The summed E-state index contributed by atoms with van der Waals surface area (Å²) < 4.78 is 24.6. The molecule has 2 aromatic carbocycles. The SMILES string of the molecule is O=C(c1ccno1)N1CCCN(Cc2cc3cc(-c4cccc(F)c4)ccc3o2)CC1. The maximum Gasteiger partial charge on any atom is 0.292 e. The van der Waals surface area contributed by atoms with Gasteiger partial charge in [-0.15, -0.1) is 0 Å². The van der Waals surface area contributed by atoms with E-state index in [1.54, 1.807) is 12.1 Å². The molecule has 31 heavy (non-hydrogen) atoms. The molecule has 0 atom stereocenters. The summed E-state index contributed by atoms with van der Waals surface area (Å²) in [5, 5.41) is 4.61. The normalized spacial score (nSPS) is 15.3. The number of carbonyl (C=O) groups excluding carboxylic acids is 1. The highest BCUT2D eigenvalue weighted by molar-refractivity contribution is 5.91. The summed E-state index contributed by atoms with van der Waals surface area (Å²) in [4.78, 5) is 16.6. The fraction of sp³-hybridized carbons (Fsp3) is 0.250. The van der Waals surface area contributed by atoms with Gasteiger partial charge in [0.05, 0.1) is 12.7 Å². The van der Waals surface area contributed by atoms with Gasteiger partial charge in [0.25, 0.3) is 5.91 Å². The van der Waals surface area contributed by atoms with Crippen LogP contribution in [-0.2, 0) is 6.54 Å². The number of amides is 1. The van der Waals surface area contributed by atoms with Gasteiger partial charge in [-0.05, 0) is 47.9 Å². The third-order valence-corrected chi connectivity index (χ3v) is 5.63. The molecule has 6 nitrogen and oxygen atoms in total. The van der Waals surface area contributed by atoms with Gasteiger partial charge in [-0.3, -0.25) is 9.69 Å². The van der Waals surface area contributed by atoms with Gasteiger partial charge < -0.3 is 13.8 Å². The Balaban J connectivity index is 1.27. The highest BCUT2D eigenvalue weighted by Crippen LogP contribution is 2.28. The lowest BCUT2D eigenvalue weighted by Gasteiger charge is -2.20. The minimum Gasteiger partial charge on any atom is -0.460 e. The Kier molecular flexibility index (Phi) is 5.26. The molecular weight excluding hydrogens is 397 g/mol. The second-order valence-corrected chi connectivity index (χ2v) is 7.77. The van der Waals surface area contributed by atoms with Crippen molar-refractivity contribution in [3.8, 4) is 11.1 Å². The maximum atomic E-state index is 13.6. The molecular formula is C24H22FN3O3. The lowest BCUT2D eigenvalue weighted by atomic mass is 10.0. The molecule has 0 aliphatic carbocycles. The average Bonchev–Trinajstić information content (AvgIpc) is 3.38. The van der Waals surface area contributed by atoms with Crippen LogP contribution in [0.25, 0.3) is 22.1 Å². The molecule has 0 spiro atoms. The van der Waals surface area contributed by atoms with Crippen molar-refractivity contribution < 1.29 is 18.1 Å². The zero-order valence-corrected chi connectivity index (χ0v) is 17.0. The lowest BCUT2D eigenvalue weighted by Crippen LogP contribution is -2.34. The van der Waals surface area contributed by atoms with Gasteiger partial charge in [-0.1, -0.05) is 23.4 Å². The molecule has 7 heteroatoms. The van der Waals surface area contributed by atoms with E-state index in [9.17, 15) is 9.18 Å². The largest absolute Gasteiger partial charge is 0.460 e. The van der Waals surface area contributed by atoms with E-state index in [0.717, 1.165) is 47.4 Å². The van der Waals surface area contributed by atoms with Crippen LogP contribution in [0.5, 0.6) is 0 Å². The van der Waals surface area contributed by atoms with Crippen LogP contribution in [0.15, 0.2) is 69.7 Å². The summed E-state index contributed by atoms with van der Waals surface area (Å²) in [6.07, 6.45) is 2.36. The standard InChI is InChI=1S/C24H22FN3O3/c25-20-4-1-3-17(14-20)18-5-6-22-19(13-18)15-21(30-22)16-27-9-2-10-28(12-11-27)24(29)23-7-8-26-31-23/h1,3-8,13-15H,2,9-12,16H2. The maximum absolute atomic E-state index is 13.6. The van der Waals surface area contributed by atoms with E-state index in [1.165, 1.54) is 18.3 Å². The van der Waals surface area contributed by atoms with Gasteiger partial charge in [-0.2, -0.15) is 0 Å². The van der Waals surface area contributed by atoms with Crippen LogP contribution in [0, 0.1) is 5.82 Å². The van der Waals surface area contributed by atoms with Gasteiger partial charge >= 0.3 is 0 Å². The number of fused-ring (bicyclic) bond motifs is 1. The molecule has 0 radical (unpaired) electrons. The van der Waals surface area contributed by atoms with E-state index in [-0.39, 0.29) is 17.5 Å². The Hall–Kier alpha value is -3.45. The van der Waals surface area contributed by atoms with Gasteiger partial charge in [-0.25, -0.2) is 4.39 Å². The summed E-state index contributed by atoms with van der Waals surface area (Å²) in [7, 11) is 0. The molecule has 1 saturated heterocycles. The van der Waals surface area contributed by atoms with Crippen LogP contribution >= 0.6 is 0 Å². The molecule has 2 aromatic heterocycles. The van der Waals surface area contributed by atoms with Crippen LogP contribution in [-0.4, -0.2) is 47.0 Å². The lowest BCUT2D eigenvalue weighted by molar-refractivity contribution is 0.0719. The fourth-order valence-electron chi connectivity index (χ4n) is 4.06. The number of halogens is 1.